The minimum Gasteiger partial charge on any atom is -0.495 e. The zero-order valence-corrected chi connectivity index (χ0v) is 59.0. The van der Waals surface area contributed by atoms with E-state index in [9.17, 15) is 33.6 Å². The third kappa shape index (κ3) is 16.8. The second-order valence-electron chi connectivity index (χ2n) is 26.1. The second kappa shape index (κ2) is 32.6. The molecule has 3 saturated heterocycles. The molecule has 3 aromatic heterocycles. The van der Waals surface area contributed by atoms with Crippen LogP contribution in [0.25, 0.3) is 32.9 Å². The zero-order valence-electron chi connectivity index (χ0n) is 57.3. The van der Waals surface area contributed by atoms with Crippen LogP contribution in [0.4, 0.5) is 16.4 Å². The van der Waals surface area contributed by atoms with Crippen molar-refractivity contribution in [1.82, 2.24) is 50.2 Å². The molecule has 7 amide bonds. The number of imide groups is 2. The lowest BCUT2D eigenvalue weighted by Crippen LogP contribution is -2.56. The smallest absolute Gasteiger partial charge is 0.332 e. The van der Waals surface area contributed by atoms with Crippen LogP contribution in [-0.4, -0.2) is 180 Å². The fourth-order valence-corrected chi connectivity index (χ4v) is 15.2. The van der Waals surface area contributed by atoms with Crippen LogP contribution in [0.15, 0.2) is 170 Å². The SMILES string of the molecule is COc1ccc(C#CCNC2(C)CCN(C3CCN(c4nc(C(OC5CC5)c5ccccc5)c5cc(-c6cn(C)c(=O)c7[nH]ccc67)ccc5n4)CC3)CC2)cc1N1CCC(=O)N(CNC(=O)CNC(=O)CCOCCOCCN2C(=O)C(Sc3ccccc3)=C(Sc3ccccc3)C2=O)C1=O. The Morgan fingerprint density at radius 2 is 1.41 bits per heavy atom. The number of ether oxygens (including phenoxy) is 4. The standard InChI is InChI=1S/C77H82N12O11S2/c1-77(32-39-85(40-33-77)54-28-36-86(37-29-54)75-82-61-25-22-53(60-49-84(2)72(93)68-58(60)27-35-78-68)47-59(61)67(83-75)69(100-55-23-24-55)52-15-7-4-8-16-52)81-34-13-14-51-21-26-63(97-3)62(46-51)87-38-30-66(92)89(76(87)96)50-80-65(91)48-79-64(90)31-42-98-44-45-99-43-41-88-73(94)70(101-56-17-9-5-10-18-56)71(74(88)95)102-57-19-11-6-12-20-57/h4-12,15-22,25-27,35,46-47,49,54-55,69,78,81H,23-24,28-34,36-45,48,50H2,1-3H3,(H,79,90)(H,80,91). The fraction of sp³-hybridized carbons (Fsp3) is 0.364. The van der Waals surface area contributed by atoms with Crippen molar-refractivity contribution >= 4 is 92.5 Å². The summed E-state index contributed by atoms with van der Waals surface area (Å²) in [6, 6.07) is 42.6. The summed E-state index contributed by atoms with van der Waals surface area (Å²) in [4.78, 5) is 118. The average Bonchev–Trinajstić information content (AvgIpc) is 1.25. The Hall–Kier alpha value is -9.65. The maximum atomic E-state index is 14.0. The molecule has 0 radical (unpaired) electrons. The van der Waals surface area contributed by atoms with Gasteiger partial charge in [0.1, 0.15) is 24.0 Å². The average molecular weight is 1420 g/mol. The van der Waals surface area contributed by atoms with E-state index in [-0.39, 0.29) is 81.4 Å². The number of likely N-dealkylation sites (tertiary alicyclic amines) is 1. The molecule has 7 heterocycles. The first kappa shape index (κ1) is 70.8. The quantitative estimate of drug-likeness (QED) is 0.0202. The molecular formula is C77H82N12O11S2. The number of carbonyl (C=O) groups excluding carboxylic acids is 6. The Morgan fingerprint density at radius 3 is 2.10 bits per heavy atom. The molecule has 1 unspecified atom stereocenters. The zero-order chi connectivity index (χ0) is 70.7. The number of carbonyl (C=O) groups is 6. The third-order valence-electron chi connectivity index (χ3n) is 19.1. The summed E-state index contributed by atoms with van der Waals surface area (Å²) in [5.74, 6) is 5.39. The number of aromatic nitrogens is 4. The van der Waals surface area contributed by atoms with E-state index in [2.05, 4.69) is 79.8 Å². The van der Waals surface area contributed by atoms with Crippen molar-refractivity contribution in [3.8, 4) is 28.7 Å². The summed E-state index contributed by atoms with van der Waals surface area (Å²) >= 11 is 2.52. The number of nitrogens with zero attached hydrogens (tertiary/aromatic N) is 8. The summed E-state index contributed by atoms with van der Waals surface area (Å²) in [5.41, 5.74) is 6.10. The highest BCUT2D eigenvalue weighted by molar-refractivity contribution is 8.08. The number of aromatic amines is 1. The van der Waals surface area contributed by atoms with E-state index in [1.54, 1.807) is 23.7 Å². The molecule has 1 aliphatic carbocycles. The first-order valence-electron chi connectivity index (χ1n) is 34.6. The highest BCUT2D eigenvalue weighted by Gasteiger charge is 2.41. The topological polar surface area (TPSA) is 255 Å². The minimum absolute atomic E-state index is 0.00282. The number of anilines is 2. The first-order valence-corrected chi connectivity index (χ1v) is 36.3. The molecule has 4 fully saturated rings. The number of thioether (sulfide) groups is 2. The molecule has 0 bridgehead atoms. The lowest BCUT2D eigenvalue weighted by Gasteiger charge is -2.45. The number of piperidine rings is 2. The van der Waals surface area contributed by atoms with Gasteiger partial charge in [-0.3, -0.25) is 38.6 Å². The van der Waals surface area contributed by atoms with Crippen LogP contribution in [-0.2, 0) is 45.2 Å². The van der Waals surface area contributed by atoms with Gasteiger partial charge in [-0.2, -0.15) is 0 Å². The number of nitrogens with one attached hydrogen (secondary N) is 4. The highest BCUT2D eigenvalue weighted by atomic mass is 32.2. The number of urea groups is 1. The van der Waals surface area contributed by atoms with Crippen molar-refractivity contribution < 1.29 is 47.7 Å². The van der Waals surface area contributed by atoms with Crippen molar-refractivity contribution in [3.05, 3.63) is 183 Å². The van der Waals surface area contributed by atoms with E-state index in [0.29, 0.717) is 50.9 Å². The first-order chi connectivity index (χ1) is 49.7. The predicted molar refractivity (Wildman–Crippen MR) is 392 cm³/mol. The normalized spacial score (nSPS) is 17.0. The highest BCUT2D eigenvalue weighted by Crippen LogP contribution is 2.44. The van der Waals surface area contributed by atoms with Gasteiger partial charge in [-0.05, 0) is 117 Å². The number of aryl methyl sites for hydroxylation is 1. The van der Waals surface area contributed by atoms with E-state index >= 15 is 0 Å². The Morgan fingerprint density at radius 1 is 0.725 bits per heavy atom. The van der Waals surface area contributed by atoms with E-state index in [4.69, 9.17) is 28.9 Å². The van der Waals surface area contributed by atoms with Crippen LogP contribution in [0, 0.1) is 11.8 Å². The van der Waals surface area contributed by atoms with Crippen LogP contribution in [0.3, 0.4) is 0 Å². The van der Waals surface area contributed by atoms with E-state index in [1.807, 2.05) is 103 Å². The molecule has 5 aromatic carbocycles. The number of methoxy groups -OCH3 is 1. The van der Waals surface area contributed by atoms with Gasteiger partial charge in [0.15, 0.2) is 0 Å². The van der Waals surface area contributed by atoms with Gasteiger partial charge in [0.05, 0.1) is 86.0 Å². The maximum Gasteiger partial charge on any atom is 0.332 e. The molecule has 4 aliphatic heterocycles. The molecule has 25 heteroatoms. The Kier molecular flexibility index (Phi) is 22.6. The van der Waals surface area contributed by atoms with E-state index < -0.39 is 43.1 Å². The van der Waals surface area contributed by atoms with E-state index in [1.165, 1.54) is 40.4 Å². The molecule has 8 aromatic rings. The molecular weight excluding hydrogens is 1330 g/mol. The number of rotatable bonds is 28. The van der Waals surface area contributed by atoms with Gasteiger partial charge in [-0.1, -0.05) is 108 Å². The van der Waals surface area contributed by atoms with Crippen LogP contribution in [0.2, 0.25) is 0 Å². The van der Waals surface area contributed by atoms with Crippen LogP contribution >= 0.6 is 23.5 Å². The minimum atomic E-state index is -0.644. The number of pyridine rings is 1. The van der Waals surface area contributed by atoms with E-state index in [0.717, 1.165) is 118 Å². The Bertz CT molecular complexity index is 4500. The van der Waals surface area contributed by atoms with Gasteiger partial charge < -0.3 is 54.2 Å². The Balaban J connectivity index is 0.538. The molecule has 13 rings (SSSR count). The van der Waals surface area contributed by atoms with Crippen molar-refractivity contribution in [2.45, 2.75) is 91.9 Å². The van der Waals surface area contributed by atoms with Crippen molar-refractivity contribution in [2.24, 2.45) is 7.05 Å². The van der Waals surface area contributed by atoms with Crippen LogP contribution in [0.5, 0.6) is 5.75 Å². The van der Waals surface area contributed by atoms with Gasteiger partial charge in [-0.25, -0.2) is 19.7 Å². The molecule has 102 heavy (non-hydrogen) atoms. The second-order valence-corrected chi connectivity index (χ2v) is 28.3. The number of hydrogen-bond donors (Lipinski definition) is 4. The van der Waals surface area contributed by atoms with Gasteiger partial charge >= 0.3 is 6.03 Å². The monoisotopic (exact) mass is 1410 g/mol. The van der Waals surface area contributed by atoms with Crippen LogP contribution < -0.4 is 36.0 Å². The lowest BCUT2D eigenvalue weighted by molar-refractivity contribution is -0.138. The number of benzene rings is 5. The van der Waals surface area contributed by atoms with Crippen molar-refractivity contribution in [1.29, 1.82) is 0 Å². The van der Waals surface area contributed by atoms with Gasteiger partial charge in [0.25, 0.3) is 17.4 Å². The molecule has 528 valence electrons. The van der Waals surface area contributed by atoms with Crippen molar-refractivity contribution in [3.63, 3.8) is 0 Å². The van der Waals surface area contributed by atoms with Gasteiger partial charge in [-0.15, -0.1) is 0 Å². The molecule has 5 aliphatic rings. The number of amides is 7. The number of fused-ring (bicyclic) bond motifs is 2. The molecule has 4 N–H and O–H groups in total. The molecule has 23 nitrogen and oxygen atoms in total. The molecule has 1 saturated carbocycles. The fourth-order valence-electron chi connectivity index (χ4n) is 13.2. The largest absolute Gasteiger partial charge is 0.495 e. The number of H-pyrrole nitrogens is 1. The summed E-state index contributed by atoms with van der Waals surface area (Å²) in [7, 11) is 3.28. The summed E-state index contributed by atoms with van der Waals surface area (Å²) in [6.45, 7) is 6.01. The van der Waals surface area contributed by atoms with Crippen molar-refractivity contribution in [2.75, 3.05) is 102 Å². The lowest BCUT2D eigenvalue weighted by atomic mass is 9.88. The molecule has 1 atom stereocenters. The summed E-state index contributed by atoms with van der Waals surface area (Å²) in [6.07, 6.45) is 9.34. The summed E-state index contributed by atoms with van der Waals surface area (Å²) < 4.78 is 25.4. The van der Waals surface area contributed by atoms with Crippen LogP contribution in [0.1, 0.15) is 81.2 Å². The molecule has 0 spiro atoms. The predicted octanol–water partition coefficient (Wildman–Crippen LogP) is 9.16. The summed E-state index contributed by atoms with van der Waals surface area (Å²) in [5, 5.41) is 10.6. The van der Waals surface area contributed by atoms with Gasteiger partial charge in [0.2, 0.25) is 23.7 Å². The Labute approximate surface area is 600 Å². The van der Waals surface area contributed by atoms with Gasteiger partial charge in [0, 0.05) is 108 Å². The third-order valence-corrected chi connectivity index (χ3v) is 21.4. The maximum absolute atomic E-state index is 14.0. The number of hydrogen-bond acceptors (Lipinski definition) is 18.